The number of carboxylic acid groups (broad SMARTS) is 1. The molecule has 1 atom stereocenters. The largest absolute Gasteiger partial charge is 0.490 e. The monoisotopic (exact) mass is 283 g/mol. The Balaban J connectivity index is 1.94. The number of benzene rings is 1. The summed E-state index contributed by atoms with van der Waals surface area (Å²) in [7, 11) is 1.58. The molecule has 1 saturated heterocycles. The summed E-state index contributed by atoms with van der Waals surface area (Å²) in [5.74, 6) is -0.769. The van der Waals surface area contributed by atoms with Crippen LogP contribution in [0.4, 0.5) is 4.39 Å². The second-order valence-electron chi connectivity index (χ2n) is 4.99. The van der Waals surface area contributed by atoms with E-state index in [9.17, 15) is 9.18 Å². The molecule has 0 saturated carbocycles. The zero-order valence-electron chi connectivity index (χ0n) is 11.3. The van der Waals surface area contributed by atoms with Crippen LogP contribution in [0.1, 0.15) is 6.42 Å². The maximum atomic E-state index is 13.1. The second-order valence-corrected chi connectivity index (χ2v) is 4.99. The lowest BCUT2D eigenvalue weighted by atomic mass is 10.0. The molecular weight excluding hydrogens is 265 g/mol. The Morgan fingerprint density at radius 3 is 3.00 bits per heavy atom. The van der Waals surface area contributed by atoms with Crippen molar-refractivity contribution in [1.82, 2.24) is 4.90 Å². The van der Waals surface area contributed by atoms with Crippen molar-refractivity contribution in [2.45, 2.75) is 12.0 Å². The van der Waals surface area contributed by atoms with E-state index in [4.69, 9.17) is 14.6 Å². The third-order valence-electron chi connectivity index (χ3n) is 3.49. The molecule has 0 amide bonds. The van der Waals surface area contributed by atoms with Gasteiger partial charge in [0.15, 0.2) is 0 Å². The molecule has 1 aromatic rings. The second kappa shape index (κ2) is 6.19. The number of aliphatic carboxylic acids is 1. The lowest BCUT2D eigenvalue weighted by Gasteiger charge is -2.27. The highest BCUT2D eigenvalue weighted by atomic mass is 19.1. The van der Waals surface area contributed by atoms with Crippen molar-refractivity contribution < 1.29 is 23.8 Å². The number of likely N-dealkylation sites (tertiary alicyclic amines) is 1. The van der Waals surface area contributed by atoms with Crippen molar-refractivity contribution in [2.24, 2.45) is 0 Å². The predicted molar refractivity (Wildman–Crippen MR) is 70.3 cm³/mol. The van der Waals surface area contributed by atoms with E-state index >= 15 is 0 Å². The zero-order valence-corrected chi connectivity index (χ0v) is 11.3. The lowest BCUT2D eigenvalue weighted by molar-refractivity contribution is -0.138. The Bertz CT molecular complexity index is 482. The van der Waals surface area contributed by atoms with E-state index in [1.807, 2.05) is 0 Å². The van der Waals surface area contributed by atoms with E-state index in [0.717, 1.165) is 0 Å². The molecule has 1 fully saturated rings. The zero-order chi connectivity index (χ0) is 14.6. The van der Waals surface area contributed by atoms with Crippen LogP contribution in [-0.2, 0) is 9.53 Å². The number of rotatable bonds is 6. The van der Waals surface area contributed by atoms with Gasteiger partial charge in [0.25, 0.3) is 0 Å². The fraction of sp³-hybridized carbons (Fsp3) is 0.500. The van der Waals surface area contributed by atoms with Gasteiger partial charge in [-0.2, -0.15) is 0 Å². The van der Waals surface area contributed by atoms with Crippen LogP contribution in [-0.4, -0.2) is 54.9 Å². The molecule has 1 aliphatic rings. The number of methoxy groups -OCH3 is 1. The number of carboxylic acids is 1. The van der Waals surface area contributed by atoms with Gasteiger partial charge in [0.05, 0.1) is 6.54 Å². The van der Waals surface area contributed by atoms with Gasteiger partial charge in [-0.3, -0.25) is 9.69 Å². The fourth-order valence-corrected chi connectivity index (χ4v) is 2.37. The third kappa shape index (κ3) is 3.68. The van der Waals surface area contributed by atoms with E-state index in [-0.39, 0.29) is 19.0 Å². The first-order valence-electron chi connectivity index (χ1n) is 6.41. The summed E-state index contributed by atoms with van der Waals surface area (Å²) in [6, 6.07) is 5.92. The first-order valence-corrected chi connectivity index (χ1v) is 6.41. The highest BCUT2D eigenvalue weighted by Gasteiger charge is 2.39. The first kappa shape index (κ1) is 14.7. The molecule has 0 spiro atoms. The van der Waals surface area contributed by atoms with Crippen molar-refractivity contribution >= 4 is 5.97 Å². The molecule has 0 bridgehead atoms. The van der Waals surface area contributed by atoms with Gasteiger partial charge >= 0.3 is 5.97 Å². The highest BCUT2D eigenvalue weighted by molar-refractivity contribution is 5.69. The van der Waals surface area contributed by atoms with Gasteiger partial charge in [-0.15, -0.1) is 0 Å². The Morgan fingerprint density at radius 1 is 1.55 bits per heavy atom. The van der Waals surface area contributed by atoms with Crippen molar-refractivity contribution in [2.75, 3.05) is 33.4 Å². The molecule has 0 radical (unpaired) electrons. The summed E-state index contributed by atoms with van der Waals surface area (Å²) < 4.78 is 24.2. The van der Waals surface area contributed by atoms with Gasteiger partial charge in [-0.05, 0) is 18.6 Å². The van der Waals surface area contributed by atoms with E-state index in [1.165, 1.54) is 12.1 Å². The van der Waals surface area contributed by atoms with Crippen LogP contribution in [0, 0.1) is 5.82 Å². The minimum Gasteiger partial charge on any atom is -0.490 e. The Kier molecular flexibility index (Phi) is 4.57. The predicted octanol–water partition coefficient (Wildman–Crippen LogP) is 1.38. The quantitative estimate of drug-likeness (QED) is 0.854. The average molecular weight is 283 g/mol. The average Bonchev–Trinajstić information content (AvgIpc) is 2.80. The summed E-state index contributed by atoms with van der Waals surface area (Å²) >= 11 is 0. The van der Waals surface area contributed by atoms with Crippen LogP contribution < -0.4 is 4.74 Å². The molecule has 110 valence electrons. The summed E-state index contributed by atoms with van der Waals surface area (Å²) in [5, 5.41) is 8.80. The maximum Gasteiger partial charge on any atom is 0.317 e. The SMILES string of the molecule is CO[C@@]1(COc2cccc(F)c2)CCN(CC(=O)O)C1. The molecule has 0 aromatic heterocycles. The standard InChI is InChI=1S/C14H18FNO4/c1-19-14(5-6-16(9-14)8-13(17)18)10-20-12-4-2-3-11(15)7-12/h2-4,7H,5-6,8-10H2,1H3,(H,17,18)/t14-/m0/s1. The van der Waals surface area contributed by atoms with Crippen molar-refractivity contribution in [3.63, 3.8) is 0 Å². The Labute approximate surface area is 116 Å². The molecule has 6 heteroatoms. The number of ether oxygens (including phenoxy) is 2. The molecule has 0 aliphatic carbocycles. The summed E-state index contributed by atoms with van der Waals surface area (Å²) in [5.41, 5.74) is -0.540. The topological polar surface area (TPSA) is 59.0 Å². The molecular formula is C14H18FNO4. The smallest absolute Gasteiger partial charge is 0.317 e. The van der Waals surface area contributed by atoms with E-state index in [0.29, 0.717) is 25.3 Å². The molecule has 5 nitrogen and oxygen atoms in total. The minimum atomic E-state index is -0.858. The van der Waals surface area contributed by atoms with Crippen LogP contribution in [0.25, 0.3) is 0 Å². The van der Waals surface area contributed by atoms with Gasteiger partial charge in [0.1, 0.15) is 23.8 Å². The van der Waals surface area contributed by atoms with Crippen LogP contribution in [0.3, 0.4) is 0 Å². The number of hydrogen-bond donors (Lipinski definition) is 1. The van der Waals surface area contributed by atoms with Crippen LogP contribution >= 0.6 is 0 Å². The summed E-state index contributed by atoms with van der Waals surface area (Å²) in [4.78, 5) is 12.5. The molecule has 1 aromatic carbocycles. The van der Waals surface area contributed by atoms with Crippen molar-refractivity contribution in [1.29, 1.82) is 0 Å². The third-order valence-corrected chi connectivity index (χ3v) is 3.49. The highest BCUT2D eigenvalue weighted by Crippen LogP contribution is 2.26. The number of carbonyl (C=O) groups is 1. The van der Waals surface area contributed by atoms with Gasteiger partial charge in [0, 0.05) is 26.3 Å². The number of nitrogens with zero attached hydrogens (tertiary/aromatic N) is 1. The van der Waals surface area contributed by atoms with Gasteiger partial charge < -0.3 is 14.6 Å². The Hall–Kier alpha value is -1.66. The van der Waals surface area contributed by atoms with Gasteiger partial charge in [-0.1, -0.05) is 6.07 Å². The van der Waals surface area contributed by atoms with E-state index < -0.39 is 11.6 Å². The normalized spacial score (nSPS) is 22.9. The lowest BCUT2D eigenvalue weighted by Crippen LogP contribution is -2.42. The van der Waals surface area contributed by atoms with Gasteiger partial charge in [-0.25, -0.2) is 4.39 Å². The Morgan fingerprint density at radius 2 is 2.35 bits per heavy atom. The molecule has 0 unspecified atom stereocenters. The van der Waals surface area contributed by atoms with Crippen molar-refractivity contribution in [3.05, 3.63) is 30.1 Å². The van der Waals surface area contributed by atoms with Crippen LogP contribution in [0.5, 0.6) is 5.75 Å². The van der Waals surface area contributed by atoms with Crippen molar-refractivity contribution in [3.8, 4) is 5.75 Å². The van der Waals surface area contributed by atoms with Crippen LogP contribution in [0.2, 0.25) is 0 Å². The fourth-order valence-electron chi connectivity index (χ4n) is 2.37. The van der Waals surface area contributed by atoms with Crippen LogP contribution in [0.15, 0.2) is 24.3 Å². The van der Waals surface area contributed by atoms with Gasteiger partial charge in [0.2, 0.25) is 0 Å². The molecule has 1 N–H and O–H groups in total. The van der Waals surface area contributed by atoms with E-state index in [2.05, 4.69) is 0 Å². The molecule has 2 rings (SSSR count). The van der Waals surface area contributed by atoms with E-state index in [1.54, 1.807) is 24.1 Å². The minimum absolute atomic E-state index is 0.00885. The first-order chi connectivity index (χ1) is 9.53. The molecule has 20 heavy (non-hydrogen) atoms. The maximum absolute atomic E-state index is 13.1. The molecule has 1 heterocycles. The number of hydrogen-bond acceptors (Lipinski definition) is 4. The molecule has 1 aliphatic heterocycles. The summed E-state index contributed by atoms with van der Waals surface area (Å²) in [6.45, 7) is 1.39. The number of halogens is 1. The summed E-state index contributed by atoms with van der Waals surface area (Å²) in [6.07, 6.45) is 0.687.